The maximum absolute atomic E-state index is 11.7. The zero-order valence-corrected chi connectivity index (χ0v) is 9.38. The van der Waals surface area contributed by atoms with Gasteiger partial charge in [0.15, 0.2) is 0 Å². The summed E-state index contributed by atoms with van der Waals surface area (Å²) in [7, 11) is 1.52. The Labute approximate surface area is 88.9 Å². The Morgan fingerprint density at radius 1 is 1.47 bits per heavy atom. The van der Waals surface area contributed by atoms with E-state index in [2.05, 4.69) is 0 Å². The lowest BCUT2D eigenvalue weighted by molar-refractivity contribution is 0.0529. The van der Waals surface area contributed by atoms with E-state index in [0.29, 0.717) is 0 Å². The Morgan fingerprint density at radius 3 is 2.60 bits per heavy atom. The average molecular weight is 214 g/mol. The summed E-state index contributed by atoms with van der Waals surface area (Å²) in [5.41, 5.74) is -0.0971. The van der Waals surface area contributed by atoms with Gasteiger partial charge in [-0.2, -0.15) is 0 Å². The van der Waals surface area contributed by atoms with Crippen LogP contribution in [0, 0.1) is 0 Å². The number of methoxy groups -OCH3 is 1. The van der Waals surface area contributed by atoms with Crippen molar-refractivity contribution in [3.8, 4) is 0 Å². The summed E-state index contributed by atoms with van der Waals surface area (Å²) in [6, 6.07) is 0.137. The van der Waals surface area contributed by atoms with E-state index in [0.717, 1.165) is 0 Å². The lowest BCUT2D eigenvalue weighted by Gasteiger charge is -2.09. The standard InChI is InChI=1S/C10H18N2O3/c1-8(2)12-5-4-11(10(12)14)6-9(13)7-15-3/h4-5,8-9,13H,6-7H2,1-3H3. The van der Waals surface area contributed by atoms with Crippen molar-refractivity contribution in [3.63, 3.8) is 0 Å². The van der Waals surface area contributed by atoms with Gasteiger partial charge in [-0.3, -0.25) is 9.13 Å². The SMILES string of the molecule is COCC(O)Cn1ccn(C(C)C)c1=O. The molecule has 0 spiro atoms. The van der Waals surface area contributed by atoms with Crippen LogP contribution in [0.1, 0.15) is 19.9 Å². The zero-order chi connectivity index (χ0) is 11.4. The molecule has 1 aromatic rings. The first-order chi connectivity index (χ1) is 7.06. The van der Waals surface area contributed by atoms with Gasteiger partial charge in [0.1, 0.15) is 0 Å². The summed E-state index contributed by atoms with van der Waals surface area (Å²) in [6.07, 6.45) is 2.77. The Hall–Kier alpha value is -1.07. The molecular formula is C10H18N2O3. The van der Waals surface area contributed by atoms with Gasteiger partial charge < -0.3 is 9.84 Å². The Kier molecular flexibility index (Phi) is 4.11. The quantitative estimate of drug-likeness (QED) is 0.763. The number of rotatable bonds is 5. The Morgan fingerprint density at radius 2 is 2.13 bits per heavy atom. The predicted octanol–water partition coefficient (Wildman–Crippen LogP) is 0.238. The van der Waals surface area contributed by atoms with Crippen LogP contribution in [-0.4, -0.2) is 34.1 Å². The minimum atomic E-state index is -0.643. The van der Waals surface area contributed by atoms with Crippen molar-refractivity contribution in [1.29, 1.82) is 0 Å². The van der Waals surface area contributed by atoms with Crippen molar-refractivity contribution in [2.75, 3.05) is 13.7 Å². The molecule has 0 radical (unpaired) electrons. The third-order valence-corrected chi connectivity index (χ3v) is 2.20. The monoisotopic (exact) mass is 214 g/mol. The molecule has 0 aliphatic rings. The lowest BCUT2D eigenvalue weighted by atomic mass is 10.4. The maximum Gasteiger partial charge on any atom is 0.328 e. The van der Waals surface area contributed by atoms with Crippen molar-refractivity contribution in [2.24, 2.45) is 0 Å². The predicted molar refractivity (Wildman–Crippen MR) is 57.0 cm³/mol. The van der Waals surface area contributed by atoms with Gasteiger partial charge in [0.05, 0.1) is 19.3 Å². The molecule has 1 atom stereocenters. The van der Waals surface area contributed by atoms with Crippen molar-refractivity contribution in [1.82, 2.24) is 9.13 Å². The van der Waals surface area contributed by atoms with Crippen LogP contribution in [0.2, 0.25) is 0 Å². The van der Waals surface area contributed by atoms with Gasteiger partial charge >= 0.3 is 5.69 Å². The molecule has 1 aromatic heterocycles. The minimum Gasteiger partial charge on any atom is -0.389 e. The minimum absolute atomic E-state index is 0.0971. The van der Waals surface area contributed by atoms with E-state index in [1.54, 1.807) is 17.0 Å². The third kappa shape index (κ3) is 2.94. The van der Waals surface area contributed by atoms with E-state index in [1.807, 2.05) is 13.8 Å². The number of aliphatic hydroxyl groups is 1. The van der Waals surface area contributed by atoms with Gasteiger partial charge in [-0.15, -0.1) is 0 Å². The summed E-state index contributed by atoms with van der Waals surface area (Å²) in [6.45, 7) is 4.39. The highest BCUT2D eigenvalue weighted by atomic mass is 16.5. The van der Waals surface area contributed by atoms with Crippen molar-refractivity contribution < 1.29 is 9.84 Å². The summed E-state index contributed by atoms with van der Waals surface area (Å²) in [5.74, 6) is 0. The van der Waals surface area contributed by atoms with E-state index in [4.69, 9.17) is 4.74 Å². The first-order valence-electron chi connectivity index (χ1n) is 5.00. The fourth-order valence-electron chi connectivity index (χ4n) is 1.43. The van der Waals surface area contributed by atoms with E-state index < -0.39 is 6.10 Å². The van der Waals surface area contributed by atoms with Gasteiger partial charge in [0.2, 0.25) is 0 Å². The Bertz CT molecular complexity index is 354. The number of ether oxygens (including phenoxy) is 1. The largest absolute Gasteiger partial charge is 0.389 e. The molecule has 1 rings (SSSR count). The zero-order valence-electron chi connectivity index (χ0n) is 9.38. The van der Waals surface area contributed by atoms with E-state index in [1.165, 1.54) is 11.7 Å². The summed E-state index contributed by atoms with van der Waals surface area (Å²) >= 11 is 0. The van der Waals surface area contributed by atoms with Crippen LogP contribution in [-0.2, 0) is 11.3 Å². The summed E-state index contributed by atoms with van der Waals surface area (Å²) in [5, 5.41) is 9.48. The van der Waals surface area contributed by atoms with Gasteiger partial charge in [0.25, 0.3) is 0 Å². The lowest BCUT2D eigenvalue weighted by Crippen LogP contribution is -2.30. The summed E-state index contributed by atoms with van der Waals surface area (Å²) < 4.78 is 7.91. The van der Waals surface area contributed by atoms with Gasteiger partial charge in [-0.05, 0) is 13.8 Å². The fraction of sp³-hybridized carbons (Fsp3) is 0.700. The number of nitrogens with zero attached hydrogens (tertiary/aromatic N) is 2. The van der Waals surface area contributed by atoms with Crippen LogP contribution in [0.3, 0.4) is 0 Å². The molecule has 5 heteroatoms. The highest BCUT2D eigenvalue weighted by molar-refractivity contribution is 4.84. The highest BCUT2D eigenvalue weighted by Gasteiger charge is 2.09. The average Bonchev–Trinajstić information content (AvgIpc) is 2.48. The molecule has 5 nitrogen and oxygen atoms in total. The first kappa shape index (κ1) is 12.0. The molecular weight excluding hydrogens is 196 g/mol. The van der Waals surface area contributed by atoms with Crippen molar-refractivity contribution >= 4 is 0 Å². The molecule has 0 saturated heterocycles. The van der Waals surface area contributed by atoms with Crippen LogP contribution in [0.15, 0.2) is 17.2 Å². The third-order valence-electron chi connectivity index (χ3n) is 2.20. The molecule has 1 N–H and O–H groups in total. The topological polar surface area (TPSA) is 56.4 Å². The number of hydrogen-bond acceptors (Lipinski definition) is 3. The molecule has 0 aromatic carbocycles. The number of hydrogen-bond donors (Lipinski definition) is 1. The fourth-order valence-corrected chi connectivity index (χ4v) is 1.43. The van der Waals surface area contributed by atoms with Crippen LogP contribution in [0.25, 0.3) is 0 Å². The van der Waals surface area contributed by atoms with Crippen LogP contribution < -0.4 is 5.69 Å². The number of aliphatic hydroxyl groups excluding tert-OH is 1. The molecule has 1 heterocycles. The van der Waals surface area contributed by atoms with Crippen molar-refractivity contribution in [3.05, 3.63) is 22.9 Å². The molecule has 0 amide bonds. The highest BCUT2D eigenvalue weighted by Crippen LogP contribution is 1.99. The molecule has 86 valence electrons. The molecule has 0 bridgehead atoms. The molecule has 15 heavy (non-hydrogen) atoms. The second kappa shape index (κ2) is 5.14. The molecule has 0 aliphatic heterocycles. The molecule has 0 aliphatic carbocycles. The smallest absolute Gasteiger partial charge is 0.328 e. The van der Waals surface area contributed by atoms with Crippen molar-refractivity contribution in [2.45, 2.75) is 32.5 Å². The number of aromatic nitrogens is 2. The van der Waals surface area contributed by atoms with Gasteiger partial charge in [-0.1, -0.05) is 0 Å². The van der Waals surface area contributed by atoms with E-state index in [-0.39, 0.29) is 24.9 Å². The van der Waals surface area contributed by atoms with Gasteiger partial charge in [-0.25, -0.2) is 4.79 Å². The normalized spacial score (nSPS) is 13.4. The molecule has 1 unspecified atom stereocenters. The molecule has 0 saturated carbocycles. The van der Waals surface area contributed by atoms with Crippen LogP contribution in [0.4, 0.5) is 0 Å². The van der Waals surface area contributed by atoms with Crippen LogP contribution >= 0.6 is 0 Å². The molecule has 0 fully saturated rings. The maximum atomic E-state index is 11.7. The second-order valence-electron chi connectivity index (χ2n) is 3.84. The summed E-state index contributed by atoms with van der Waals surface area (Å²) in [4.78, 5) is 11.7. The first-order valence-corrected chi connectivity index (χ1v) is 5.00. The number of imidazole rings is 1. The van der Waals surface area contributed by atoms with E-state index in [9.17, 15) is 9.90 Å². The Balaban J connectivity index is 2.75. The second-order valence-corrected chi connectivity index (χ2v) is 3.84. The van der Waals surface area contributed by atoms with Crippen LogP contribution in [0.5, 0.6) is 0 Å². The van der Waals surface area contributed by atoms with E-state index >= 15 is 0 Å². The van der Waals surface area contributed by atoms with Gasteiger partial charge in [0, 0.05) is 25.5 Å².